The van der Waals surface area contributed by atoms with Gasteiger partial charge in [0.1, 0.15) is 0 Å². The highest BCUT2D eigenvalue weighted by Crippen LogP contribution is 2.07. The maximum atomic E-state index is 12.4. The van der Waals surface area contributed by atoms with Crippen LogP contribution in [0.15, 0.2) is 54.6 Å². The lowest BCUT2D eigenvalue weighted by Crippen LogP contribution is -2.42. The summed E-state index contributed by atoms with van der Waals surface area (Å²) in [4.78, 5) is 14.2. The fraction of sp³-hybridized carbons (Fsp3) is 0.350. The highest BCUT2D eigenvalue weighted by atomic mass is 16.2. The second kappa shape index (κ2) is 8.49. The van der Waals surface area contributed by atoms with E-state index in [-0.39, 0.29) is 11.9 Å². The highest BCUT2D eigenvalue weighted by molar-refractivity contribution is 5.81. The molecule has 2 aromatic rings. The van der Waals surface area contributed by atoms with E-state index in [0.717, 1.165) is 12.0 Å². The summed E-state index contributed by atoms with van der Waals surface area (Å²) in [5.41, 5.74) is 3.68. The molecule has 1 amide bonds. The Kier molecular flexibility index (Phi) is 6.36. The first kappa shape index (κ1) is 17.2. The van der Waals surface area contributed by atoms with Gasteiger partial charge in [0, 0.05) is 20.1 Å². The summed E-state index contributed by atoms with van der Waals surface area (Å²) in [6, 6.07) is 18.4. The third kappa shape index (κ3) is 5.22. The van der Waals surface area contributed by atoms with Gasteiger partial charge >= 0.3 is 0 Å². The van der Waals surface area contributed by atoms with E-state index in [2.05, 4.69) is 36.5 Å². The van der Waals surface area contributed by atoms with Crippen LogP contribution >= 0.6 is 0 Å². The first-order valence-electron chi connectivity index (χ1n) is 8.20. The predicted octanol–water partition coefficient (Wildman–Crippen LogP) is 3.39. The fourth-order valence-electron chi connectivity index (χ4n) is 2.52. The normalized spacial score (nSPS) is 12.0. The molecule has 3 nitrogen and oxygen atoms in total. The molecule has 0 bridgehead atoms. The first-order chi connectivity index (χ1) is 11.1. The molecule has 0 spiro atoms. The topological polar surface area (TPSA) is 32.3 Å². The number of benzene rings is 2. The van der Waals surface area contributed by atoms with E-state index in [0.29, 0.717) is 13.1 Å². The molecule has 2 rings (SSSR count). The highest BCUT2D eigenvalue weighted by Gasteiger charge is 2.16. The Bertz CT molecular complexity index is 607. The second-order valence-electron chi connectivity index (χ2n) is 5.95. The van der Waals surface area contributed by atoms with Gasteiger partial charge in [0.05, 0.1) is 6.04 Å². The molecule has 0 saturated heterocycles. The molecule has 0 aliphatic heterocycles. The van der Waals surface area contributed by atoms with Crippen molar-refractivity contribution in [3.8, 4) is 0 Å². The SMILES string of the molecule is CCc1ccc(CNC(C)C(=O)N(C)Cc2ccccc2)cc1. The van der Waals surface area contributed by atoms with Crippen LogP contribution in [0.25, 0.3) is 0 Å². The van der Waals surface area contributed by atoms with Crippen LogP contribution in [0.1, 0.15) is 30.5 Å². The number of aryl methyl sites for hydroxylation is 1. The molecule has 0 saturated carbocycles. The van der Waals surface area contributed by atoms with Crippen LogP contribution in [0.3, 0.4) is 0 Å². The Morgan fingerprint density at radius 3 is 2.22 bits per heavy atom. The quantitative estimate of drug-likeness (QED) is 0.850. The van der Waals surface area contributed by atoms with Crippen LogP contribution in [0.5, 0.6) is 0 Å². The lowest BCUT2D eigenvalue weighted by atomic mass is 10.1. The van der Waals surface area contributed by atoms with E-state index in [1.165, 1.54) is 11.1 Å². The Labute approximate surface area is 139 Å². The summed E-state index contributed by atoms with van der Waals surface area (Å²) in [5.74, 6) is 0.110. The van der Waals surface area contributed by atoms with Crippen molar-refractivity contribution in [3.05, 3.63) is 71.3 Å². The first-order valence-corrected chi connectivity index (χ1v) is 8.20. The summed E-state index contributed by atoms with van der Waals surface area (Å²) >= 11 is 0. The van der Waals surface area contributed by atoms with Crippen molar-refractivity contribution in [3.63, 3.8) is 0 Å². The van der Waals surface area contributed by atoms with Gasteiger partial charge in [-0.2, -0.15) is 0 Å². The second-order valence-corrected chi connectivity index (χ2v) is 5.95. The molecule has 0 aliphatic rings. The third-order valence-electron chi connectivity index (χ3n) is 4.05. The minimum atomic E-state index is -0.199. The van der Waals surface area contributed by atoms with E-state index in [9.17, 15) is 4.79 Å². The van der Waals surface area contributed by atoms with E-state index in [1.54, 1.807) is 4.90 Å². The van der Waals surface area contributed by atoms with Gasteiger partial charge < -0.3 is 10.2 Å². The largest absolute Gasteiger partial charge is 0.340 e. The lowest BCUT2D eigenvalue weighted by molar-refractivity contribution is -0.132. The van der Waals surface area contributed by atoms with Crippen molar-refractivity contribution in [2.24, 2.45) is 0 Å². The molecule has 1 atom stereocenters. The zero-order valence-electron chi connectivity index (χ0n) is 14.3. The van der Waals surface area contributed by atoms with Crippen molar-refractivity contribution in [1.82, 2.24) is 10.2 Å². The van der Waals surface area contributed by atoms with Crippen LogP contribution < -0.4 is 5.32 Å². The van der Waals surface area contributed by atoms with Crippen LogP contribution in [-0.2, 0) is 24.3 Å². The van der Waals surface area contributed by atoms with Gasteiger partial charge in [0.15, 0.2) is 0 Å². The summed E-state index contributed by atoms with van der Waals surface area (Å²) in [5, 5.41) is 3.31. The van der Waals surface area contributed by atoms with Crippen molar-refractivity contribution in [1.29, 1.82) is 0 Å². The van der Waals surface area contributed by atoms with Gasteiger partial charge in [0.2, 0.25) is 5.91 Å². The number of carbonyl (C=O) groups excluding carboxylic acids is 1. The van der Waals surface area contributed by atoms with Crippen molar-refractivity contribution >= 4 is 5.91 Å². The van der Waals surface area contributed by atoms with E-state index in [4.69, 9.17) is 0 Å². The molecule has 0 heterocycles. The molecule has 0 aliphatic carbocycles. The Morgan fingerprint density at radius 2 is 1.61 bits per heavy atom. The lowest BCUT2D eigenvalue weighted by Gasteiger charge is -2.22. The third-order valence-corrected chi connectivity index (χ3v) is 4.05. The van der Waals surface area contributed by atoms with Gasteiger partial charge in [-0.1, -0.05) is 61.5 Å². The molecular formula is C20H26N2O. The van der Waals surface area contributed by atoms with E-state index < -0.39 is 0 Å². The predicted molar refractivity (Wildman–Crippen MR) is 95.0 cm³/mol. The maximum absolute atomic E-state index is 12.4. The van der Waals surface area contributed by atoms with Gasteiger partial charge in [-0.25, -0.2) is 0 Å². The van der Waals surface area contributed by atoms with Gasteiger partial charge in [0.25, 0.3) is 0 Å². The number of nitrogens with one attached hydrogen (secondary N) is 1. The summed E-state index contributed by atoms with van der Waals surface area (Å²) < 4.78 is 0. The molecule has 3 heteroatoms. The zero-order chi connectivity index (χ0) is 16.7. The number of hydrogen-bond acceptors (Lipinski definition) is 2. The van der Waals surface area contributed by atoms with Crippen LogP contribution in [0, 0.1) is 0 Å². The minimum Gasteiger partial charge on any atom is -0.340 e. The van der Waals surface area contributed by atoms with Crippen molar-refractivity contribution in [2.45, 2.75) is 39.4 Å². The Hall–Kier alpha value is -2.13. The molecule has 1 N–H and O–H groups in total. The number of amides is 1. The monoisotopic (exact) mass is 310 g/mol. The van der Waals surface area contributed by atoms with Gasteiger partial charge in [-0.05, 0) is 30.0 Å². The van der Waals surface area contributed by atoms with Crippen molar-refractivity contribution in [2.75, 3.05) is 7.05 Å². The average molecular weight is 310 g/mol. The molecular weight excluding hydrogens is 284 g/mol. The zero-order valence-corrected chi connectivity index (χ0v) is 14.3. The molecule has 0 radical (unpaired) electrons. The Morgan fingerprint density at radius 1 is 1.00 bits per heavy atom. The molecule has 122 valence electrons. The minimum absolute atomic E-state index is 0.110. The average Bonchev–Trinajstić information content (AvgIpc) is 2.60. The summed E-state index contributed by atoms with van der Waals surface area (Å²) in [7, 11) is 1.85. The number of carbonyl (C=O) groups is 1. The molecule has 23 heavy (non-hydrogen) atoms. The maximum Gasteiger partial charge on any atom is 0.239 e. The van der Waals surface area contributed by atoms with E-state index in [1.807, 2.05) is 44.3 Å². The van der Waals surface area contributed by atoms with Crippen molar-refractivity contribution < 1.29 is 4.79 Å². The number of nitrogens with zero attached hydrogens (tertiary/aromatic N) is 1. The molecule has 0 fully saturated rings. The molecule has 2 aromatic carbocycles. The summed E-state index contributed by atoms with van der Waals surface area (Å²) in [6.45, 7) is 5.41. The van der Waals surface area contributed by atoms with Crippen LogP contribution in [-0.4, -0.2) is 23.9 Å². The smallest absolute Gasteiger partial charge is 0.239 e. The van der Waals surface area contributed by atoms with E-state index >= 15 is 0 Å². The van der Waals surface area contributed by atoms with Gasteiger partial charge in [-0.15, -0.1) is 0 Å². The van der Waals surface area contributed by atoms with Crippen LogP contribution in [0.4, 0.5) is 0 Å². The molecule has 1 unspecified atom stereocenters. The van der Waals surface area contributed by atoms with Gasteiger partial charge in [-0.3, -0.25) is 4.79 Å². The fourth-order valence-corrected chi connectivity index (χ4v) is 2.52. The number of rotatable bonds is 7. The van der Waals surface area contributed by atoms with Crippen LogP contribution in [0.2, 0.25) is 0 Å². The summed E-state index contributed by atoms with van der Waals surface area (Å²) in [6.07, 6.45) is 1.05. The number of likely N-dealkylation sites (N-methyl/N-ethyl adjacent to an activating group) is 1. The number of hydrogen-bond donors (Lipinski definition) is 1. The standard InChI is InChI=1S/C20H26N2O/c1-4-17-10-12-18(13-11-17)14-21-16(2)20(23)22(3)15-19-8-6-5-7-9-19/h5-13,16,21H,4,14-15H2,1-3H3. The Balaban J connectivity index is 1.83. The molecule has 0 aromatic heterocycles.